The molecule has 2 aromatic rings. The summed E-state index contributed by atoms with van der Waals surface area (Å²) in [7, 11) is 0. The normalized spacial score (nSPS) is 22.7. The van der Waals surface area contributed by atoms with Crippen molar-refractivity contribution in [2.75, 3.05) is 32.7 Å². The Morgan fingerprint density at radius 1 is 1.15 bits per heavy atom. The first-order valence-electron chi connectivity index (χ1n) is 10.0. The molecule has 1 unspecified atom stereocenters. The van der Waals surface area contributed by atoms with Gasteiger partial charge in [-0.1, -0.05) is 37.3 Å². The van der Waals surface area contributed by atoms with E-state index in [-0.39, 0.29) is 5.91 Å². The fourth-order valence-corrected chi connectivity index (χ4v) is 4.82. The molecule has 1 amide bonds. The van der Waals surface area contributed by atoms with Crippen LogP contribution in [0, 0.1) is 5.41 Å². The predicted molar refractivity (Wildman–Crippen MR) is 106 cm³/mol. The van der Waals surface area contributed by atoms with E-state index in [0.717, 1.165) is 45.6 Å². The lowest BCUT2D eigenvalue weighted by Crippen LogP contribution is -2.52. The van der Waals surface area contributed by atoms with Gasteiger partial charge in [-0.15, -0.1) is 5.10 Å². The summed E-state index contributed by atoms with van der Waals surface area (Å²) in [5.74, 6) is 0.600. The summed E-state index contributed by atoms with van der Waals surface area (Å²) in [6, 6.07) is 14.5. The van der Waals surface area contributed by atoms with E-state index in [1.54, 1.807) is 18.3 Å². The zero-order valence-corrected chi connectivity index (χ0v) is 16.1. The molecule has 4 rings (SSSR count). The zero-order valence-electron chi connectivity index (χ0n) is 16.1. The lowest BCUT2D eigenvalue weighted by molar-refractivity contribution is 0.0156. The van der Waals surface area contributed by atoms with Crippen LogP contribution in [0.2, 0.25) is 0 Å². The summed E-state index contributed by atoms with van der Waals surface area (Å²) >= 11 is 0. The highest BCUT2D eigenvalue weighted by atomic mass is 16.2. The third kappa shape index (κ3) is 3.88. The van der Waals surface area contributed by atoms with Crippen LogP contribution in [0.25, 0.3) is 0 Å². The van der Waals surface area contributed by atoms with Crippen LogP contribution in [0.1, 0.15) is 48.2 Å². The van der Waals surface area contributed by atoms with Crippen molar-refractivity contribution in [2.45, 2.75) is 32.1 Å². The summed E-state index contributed by atoms with van der Waals surface area (Å²) in [4.78, 5) is 17.2. The second-order valence-corrected chi connectivity index (χ2v) is 8.04. The van der Waals surface area contributed by atoms with Crippen LogP contribution in [0.15, 0.2) is 48.7 Å². The molecule has 1 spiro atoms. The van der Waals surface area contributed by atoms with Crippen molar-refractivity contribution in [2.24, 2.45) is 5.41 Å². The Balaban J connectivity index is 1.46. The number of benzene rings is 1. The lowest BCUT2D eigenvalue weighted by atomic mass is 9.68. The largest absolute Gasteiger partial charge is 0.337 e. The van der Waals surface area contributed by atoms with E-state index in [1.807, 2.05) is 4.90 Å². The van der Waals surface area contributed by atoms with Crippen molar-refractivity contribution in [3.05, 3.63) is 59.9 Å². The third-order valence-corrected chi connectivity index (χ3v) is 6.34. The van der Waals surface area contributed by atoms with Gasteiger partial charge in [-0.25, -0.2) is 0 Å². The third-order valence-electron chi connectivity index (χ3n) is 6.34. The standard InChI is InChI=1S/C22H28N4O/c1-2-25-16-19(18-7-4-3-5-8-18)15-22(17-25)10-13-26(14-11-22)21(27)20-9-6-12-23-24-20/h3-9,12,19H,2,10-11,13-17H2,1H3. The van der Waals surface area contributed by atoms with Crippen molar-refractivity contribution in [3.63, 3.8) is 0 Å². The van der Waals surface area contributed by atoms with E-state index in [0.29, 0.717) is 17.0 Å². The molecular formula is C22H28N4O. The minimum atomic E-state index is 0.0146. The predicted octanol–water partition coefficient (Wildman–Crippen LogP) is 3.21. The quantitative estimate of drug-likeness (QED) is 0.839. The van der Waals surface area contributed by atoms with E-state index < -0.39 is 0 Å². The summed E-state index contributed by atoms with van der Waals surface area (Å²) in [5.41, 5.74) is 2.22. The molecule has 1 aromatic heterocycles. The number of rotatable bonds is 3. The molecule has 27 heavy (non-hydrogen) atoms. The topological polar surface area (TPSA) is 49.3 Å². The fraction of sp³-hybridized carbons (Fsp3) is 0.500. The van der Waals surface area contributed by atoms with E-state index >= 15 is 0 Å². The highest BCUT2D eigenvalue weighted by molar-refractivity contribution is 5.92. The number of amides is 1. The highest BCUT2D eigenvalue weighted by Gasteiger charge is 2.42. The van der Waals surface area contributed by atoms with Crippen LogP contribution in [-0.2, 0) is 0 Å². The molecule has 0 bridgehead atoms. The van der Waals surface area contributed by atoms with Crippen LogP contribution in [-0.4, -0.2) is 58.6 Å². The van der Waals surface area contributed by atoms with Crippen LogP contribution >= 0.6 is 0 Å². The highest BCUT2D eigenvalue weighted by Crippen LogP contribution is 2.45. The van der Waals surface area contributed by atoms with Gasteiger partial charge in [0.05, 0.1) is 0 Å². The SMILES string of the molecule is CCN1CC(c2ccccc2)CC2(CCN(C(=O)c3cccnn3)CC2)C1. The Kier molecular flexibility index (Phi) is 5.21. The van der Waals surface area contributed by atoms with E-state index in [2.05, 4.69) is 52.4 Å². The van der Waals surface area contributed by atoms with Crippen molar-refractivity contribution >= 4 is 5.91 Å². The van der Waals surface area contributed by atoms with Gasteiger partial charge in [-0.3, -0.25) is 4.79 Å². The smallest absolute Gasteiger partial charge is 0.274 e. The number of hydrogen-bond donors (Lipinski definition) is 0. The molecule has 1 atom stereocenters. The number of aromatic nitrogens is 2. The molecule has 2 aliphatic heterocycles. The number of likely N-dealkylation sites (N-methyl/N-ethyl adjacent to an activating group) is 1. The Morgan fingerprint density at radius 3 is 2.59 bits per heavy atom. The molecule has 2 aliphatic rings. The van der Waals surface area contributed by atoms with Crippen molar-refractivity contribution in [1.82, 2.24) is 20.0 Å². The van der Waals surface area contributed by atoms with E-state index in [9.17, 15) is 4.79 Å². The molecule has 0 N–H and O–H groups in total. The van der Waals surface area contributed by atoms with Gasteiger partial charge in [0.15, 0.2) is 5.69 Å². The number of carbonyl (C=O) groups excluding carboxylic acids is 1. The maximum Gasteiger partial charge on any atom is 0.274 e. The second kappa shape index (κ2) is 7.77. The van der Waals surface area contributed by atoms with Crippen LogP contribution in [0.5, 0.6) is 0 Å². The van der Waals surface area contributed by atoms with Crippen LogP contribution in [0.4, 0.5) is 0 Å². The summed E-state index contributed by atoms with van der Waals surface area (Å²) in [6.07, 6.45) is 4.96. The van der Waals surface area contributed by atoms with Crippen molar-refractivity contribution in [1.29, 1.82) is 0 Å². The molecular weight excluding hydrogens is 336 g/mol. The van der Waals surface area contributed by atoms with Gasteiger partial charge in [-0.05, 0) is 54.8 Å². The summed E-state index contributed by atoms with van der Waals surface area (Å²) in [6.45, 7) is 7.27. The molecule has 3 heterocycles. The summed E-state index contributed by atoms with van der Waals surface area (Å²) in [5, 5.41) is 7.83. The Bertz CT molecular complexity index is 756. The molecule has 5 heteroatoms. The Labute approximate surface area is 161 Å². The van der Waals surface area contributed by atoms with Crippen LogP contribution in [0.3, 0.4) is 0 Å². The van der Waals surface area contributed by atoms with E-state index in [4.69, 9.17) is 0 Å². The molecule has 2 fully saturated rings. The molecule has 5 nitrogen and oxygen atoms in total. The number of piperidine rings is 2. The van der Waals surface area contributed by atoms with Gasteiger partial charge >= 0.3 is 0 Å². The van der Waals surface area contributed by atoms with Gasteiger partial charge < -0.3 is 9.80 Å². The zero-order chi connectivity index (χ0) is 18.7. The first kappa shape index (κ1) is 18.1. The lowest BCUT2D eigenvalue weighted by Gasteiger charge is -2.50. The molecule has 0 saturated carbocycles. The van der Waals surface area contributed by atoms with Crippen LogP contribution < -0.4 is 0 Å². The van der Waals surface area contributed by atoms with Gasteiger partial charge in [0.2, 0.25) is 0 Å². The number of carbonyl (C=O) groups is 1. The van der Waals surface area contributed by atoms with Gasteiger partial charge in [0.1, 0.15) is 0 Å². The van der Waals surface area contributed by atoms with Crippen molar-refractivity contribution < 1.29 is 4.79 Å². The first-order chi connectivity index (χ1) is 13.2. The Hall–Kier alpha value is -2.27. The number of hydrogen-bond acceptors (Lipinski definition) is 4. The number of nitrogens with zero attached hydrogens (tertiary/aromatic N) is 4. The molecule has 1 aromatic carbocycles. The maximum atomic E-state index is 12.7. The molecule has 0 radical (unpaired) electrons. The maximum absolute atomic E-state index is 12.7. The average molecular weight is 364 g/mol. The van der Waals surface area contributed by atoms with E-state index in [1.165, 1.54) is 12.0 Å². The summed E-state index contributed by atoms with van der Waals surface area (Å²) < 4.78 is 0. The molecule has 142 valence electrons. The first-order valence-corrected chi connectivity index (χ1v) is 10.0. The monoisotopic (exact) mass is 364 g/mol. The fourth-order valence-electron chi connectivity index (χ4n) is 4.82. The minimum Gasteiger partial charge on any atom is -0.337 e. The van der Waals surface area contributed by atoms with Gasteiger partial charge in [0, 0.05) is 32.4 Å². The average Bonchev–Trinajstić information content (AvgIpc) is 2.75. The second-order valence-electron chi connectivity index (χ2n) is 8.04. The number of likely N-dealkylation sites (tertiary alicyclic amines) is 2. The minimum absolute atomic E-state index is 0.0146. The Morgan fingerprint density at radius 2 is 1.93 bits per heavy atom. The van der Waals surface area contributed by atoms with Crippen molar-refractivity contribution in [3.8, 4) is 0 Å². The molecule has 0 aliphatic carbocycles. The molecule has 2 saturated heterocycles. The van der Waals surface area contributed by atoms with Gasteiger partial charge in [0.25, 0.3) is 5.91 Å². The van der Waals surface area contributed by atoms with Gasteiger partial charge in [-0.2, -0.15) is 5.10 Å².